The second-order valence-corrected chi connectivity index (χ2v) is 35.2. The minimum absolute atomic E-state index is 0.00738. The number of fused-ring (bicyclic) bond motifs is 4. The summed E-state index contributed by atoms with van der Waals surface area (Å²) in [5, 5.41) is 46.9. The van der Waals surface area contributed by atoms with Crippen molar-refractivity contribution in [2.24, 2.45) is 0 Å². The highest BCUT2D eigenvalue weighted by Crippen LogP contribution is 2.33. The number of esters is 1. The number of nitrogen functional groups attached to an aromatic ring is 1. The number of phenols is 3. The third kappa shape index (κ3) is 31.0. The molecule has 9 heterocycles. The van der Waals surface area contributed by atoms with Crippen molar-refractivity contribution in [1.29, 1.82) is 10.5 Å². The van der Waals surface area contributed by atoms with Crippen molar-refractivity contribution in [3.63, 3.8) is 0 Å². The number of aryl methyl sites for hydroxylation is 4. The van der Waals surface area contributed by atoms with Crippen LogP contribution in [-0.2, 0) is 40.0 Å². The number of halogens is 10. The highest BCUT2D eigenvalue weighted by atomic mass is 127. The number of nitrogens with two attached hydrogens (primary N) is 1. The molecule has 0 unspecified atom stereocenters. The van der Waals surface area contributed by atoms with Gasteiger partial charge in [-0.25, -0.2) is 71.8 Å². The van der Waals surface area contributed by atoms with Crippen molar-refractivity contribution in [3.8, 4) is 52.4 Å². The van der Waals surface area contributed by atoms with Gasteiger partial charge >= 0.3 is 5.97 Å². The van der Waals surface area contributed by atoms with Crippen LogP contribution in [-0.4, -0.2) is 171 Å². The standard InChI is InChI=1S/C16H10BrFN4O2.C16H13FIN3O2.C16H11FN4O2.C15H11FIN3O2.C12H13IO3.C9H9IO2.C9H10O2.C4H4FN3.C4H8O2/c1-2-12-13(22-7-10(18)6-20-16(22)21-12)15(24)8-3-9(5-19)14(23)11(17)4-8;1-3-12-14(21-8-10(17)7-19-16(21)20-12)15(22)9-4-5-13(23-2)11(18)6-9;1-2-12-14(21-8-11(17)7-19-16(21)20-12)15(23)9-3-4-13(22)10(5-9)6-18;1-2-11-13(20-7-9(16)6-18-15(20)19-11)14(22)8-3-4-12(21)10(17)5-8;1-3-9(14)7-11(15)8-4-5-12(16-2)10(13)6-8;1-6(11)7-3-4-9(12-2)8(10)5-7;1-7(10)8-3-5-9(11-2)6-4-8;5-3-1-7-4(6)8-2-3;1-3-4(5)6-2/h3-4,6-7,23H,2H2,1H3;4-8H,3H2,1-2H3;3-5,7-8,22H,2H2,1H3;3-7,21H,2H2,1H3;4-6H,3,7H2,1-2H3;3-5H,1-2H3;3-6H,1-2H3;1-2H,(H2,6,7,8);3H2,1-2H3. The Balaban J connectivity index is 0.000000204. The molecule has 0 bridgehead atoms. The summed E-state index contributed by atoms with van der Waals surface area (Å²) in [6.45, 7) is 14.0. The van der Waals surface area contributed by atoms with Crippen molar-refractivity contribution < 1.29 is 104 Å². The molecule has 9 aromatic heterocycles. The second kappa shape index (κ2) is 55.3. The van der Waals surface area contributed by atoms with E-state index in [0.717, 1.165) is 83.1 Å². The zero-order valence-corrected chi connectivity index (χ0v) is 89.6. The number of methoxy groups -OCH3 is 5. The lowest BCUT2D eigenvalue weighted by atomic mass is 10.0. The van der Waals surface area contributed by atoms with Crippen molar-refractivity contribution in [2.75, 3.05) is 41.3 Å². The maximum absolute atomic E-state index is 13.5. The lowest BCUT2D eigenvalue weighted by molar-refractivity contribution is -0.140. The fourth-order valence-electron chi connectivity index (χ4n) is 12.8. The Labute approximate surface area is 888 Å². The predicted octanol–water partition coefficient (Wildman–Crippen LogP) is 19.5. The minimum atomic E-state index is -0.596. The molecule has 145 heavy (non-hydrogen) atoms. The molecule has 0 aliphatic carbocycles. The summed E-state index contributed by atoms with van der Waals surface area (Å²) < 4.78 is 99.3. The van der Waals surface area contributed by atoms with E-state index in [1.807, 2.05) is 68.5 Å². The van der Waals surface area contributed by atoms with Crippen LogP contribution >= 0.6 is 106 Å². The van der Waals surface area contributed by atoms with Gasteiger partial charge in [0.25, 0.3) is 0 Å². The number of aromatic nitrogens is 14. The maximum Gasteiger partial charge on any atom is 0.305 e. The molecule has 16 rings (SSSR count). The Morgan fingerprint density at radius 1 is 0.393 bits per heavy atom. The Morgan fingerprint density at radius 2 is 0.717 bits per heavy atom. The average Bonchev–Trinajstić information content (AvgIpc) is 1.65. The van der Waals surface area contributed by atoms with Gasteiger partial charge in [-0.3, -0.25) is 60.8 Å². The van der Waals surface area contributed by atoms with Gasteiger partial charge in [-0.2, -0.15) is 10.5 Å². The molecule has 0 aliphatic rings. The van der Waals surface area contributed by atoms with Crippen LogP contribution in [0.1, 0.15) is 204 Å². The van der Waals surface area contributed by atoms with Gasteiger partial charge in [0.15, 0.2) is 46.4 Å². The highest BCUT2D eigenvalue weighted by molar-refractivity contribution is 14.1. The summed E-state index contributed by atoms with van der Waals surface area (Å²) in [6, 6.07) is 37.7. The summed E-state index contributed by atoms with van der Waals surface area (Å²) in [7, 11) is 7.76. The Hall–Kier alpha value is -14.6. The van der Waals surface area contributed by atoms with Crippen LogP contribution in [0.5, 0.6) is 40.2 Å². The number of nitriles is 2. The molecule has 0 atom stereocenters. The molecule has 16 aromatic rings. The van der Waals surface area contributed by atoms with Crippen LogP contribution < -0.4 is 24.7 Å². The molecule has 0 spiro atoms. The summed E-state index contributed by atoms with van der Waals surface area (Å²) in [4.78, 5) is 145. The van der Waals surface area contributed by atoms with Crippen molar-refractivity contribution in [2.45, 2.75) is 100 Å². The first-order valence-electron chi connectivity index (χ1n) is 43.1. The summed E-state index contributed by atoms with van der Waals surface area (Å²) >= 11 is 11.4. The first kappa shape index (κ1) is 116. The Kier molecular flexibility index (Phi) is 44.1. The van der Waals surface area contributed by atoms with Gasteiger partial charge in [-0.05, 0) is 273 Å². The van der Waals surface area contributed by atoms with E-state index in [4.69, 9.17) is 35.2 Å². The smallest absolute Gasteiger partial charge is 0.305 e. The van der Waals surface area contributed by atoms with Crippen LogP contribution in [0.4, 0.5) is 27.9 Å². The number of Topliss-reactive ketones (excluding diaryl/α,β-unsaturated/α-hetero) is 4. The van der Waals surface area contributed by atoms with Crippen LogP contribution in [0.3, 0.4) is 0 Å². The summed E-state index contributed by atoms with van der Waals surface area (Å²) in [6.07, 6.45) is 13.8. The van der Waals surface area contributed by atoms with Crippen molar-refractivity contribution in [3.05, 3.63) is 333 Å². The van der Waals surface area contributed by atoms with Crippen molar-refractivity contribution >= 4 is 188 Å². The fraction of sp³-hybridized carbons (Fsp3) is 0.198. The topological polar surface area (TPSA) is 481 Å². The molecule has 5 N–H and O–H groups in total. The third-order valence-electron chi connectivity index (χ3n) is 20.2. The van der Waals surface area contributed by atoms with E-state index >= 15 is 0 Å². The Morgan fingerprint density at radius 3 is 1.04 bits per heavy atom. The quantitative estimate of drug-likeness (QED) is 0.0152. The lowest BCUT2D eigenvalue weighted by Gasteiger charge is -2.07. The molecule has 0 saturated heterocycles. The average molecular weight is 2500 g/mol. The molecule has 0 saturated carbocycles. The van der Waals surface area contributed by atoms with Gasteiger partial charge in [0.05, 0.1) is 157 Å². The van der Waals surface area contributed by atoms with Crippen LogP contribution in [0.2, 0.25) is 0 Å². The van der Waals surface area contributed by atoms with Gasteiger partial charge in [0.2, 0.25) is 52.2 Å². The zero-order chi connectivity index (χ0) is 107. The molecule has 750 valence electrons. The van der Waals surface area contributed by atoms with E-state index in [1.54, 1.807) is 135 Å². The monoisotopic (exact) mass is 2490 g/mol. The number of hydrogen-bond acceptors (Lipinski definition) is 30. The first-order chi connectivity index (χ1) is 69.1. The SMILES string of the molecule is CCC(=O)CC(=O)c1ccc(OC)c(I)c1.CCC(=O)OC.CCc1nc2ncc(F)cn2c1C(=O)c1cc(Br)c(O)c(C#N)c1.CCc1nc2ncc(F)cn2c1C(=O)c1ccc(O)c(C#N)c1.CCc1nc2ncc(F)cn2c1C(=O)c1ccc(O)c(I)c1.CCc1nc2ncc(F)cn2c1C(=O)c1ccc(OC)c(I)c1.COc1ccc(C(C)=O)cc1.COc1ccc(C(C)=O)cc1I.Nc1ncc(F)cn1. The number of ketones is 8. The predicted molar refractivity (Wildman–Crippen MR) is 560 cm³/mol. The molecule has 0 aliphatic heterocycles. The van der Waals surface area contributed by atoms with E-state index in [0.29, 0.717) is 110 Å². The highest BCUT2D eigenvalue weighted by Gasteiger charge is 2.28. The zero-order valence-electron chi connectivity index (χ0n) is 79.4. The molecule has 0 radical (unpaired) electrons. The van der Waals surface area contributed by atoms with E-state index in [-0.39, 0.29) is 126 Å². The molecule has 0 fully saturated rings. The number of carbonyl (C=O) groups is 9. The number of ether oxygens (including phenoxy) is 5. The lowest BCUT2D eigenvalue weighted by Crippen LogP contribution is -2.09. The molecule has 44 heteroatoms. The number of nitrogens with zero attached hydrogens (tertiary/aromatic N) is 16. The number of benzene rings is 7. The number of rotatable bonds is 23. The molecular formula is C101H89BrF5I4N17O17. The number of carbonyl (C=O) groups excluding carboxylic acids is 9. The molecule has 34 nitrogen and oxygen atoms in total. The van der Waals surface area contributed by atoms with Crippen LogP contribution in [0.15, 0.2) is 194 Å². The second-order valence-electron chi connectivity index (χ2n) is 29.7. The maximum atomic E-state index is 13.5. The molecular weight excluding hydrogens is 2410 g/mol. The minimum Gasteiger partial charge on any atom is -0.507 e. The van der Waals surface area contributed by atoms with Crippen LogP contribution in [0, 0.1) is 66.0 Å². The van der Waals surface area contributed by atoms with E-state index in [9.17, 15) is 80.4 Å². The molecule has 7 aromatic carbocycles. The van der Waals surface area contributed by atoms with Gasteiger partial charge < -0.3 is 44.7 Å². The number of imidazole rings is 4. The number of hydrogen-bond donors (Lipinski definition) is 4. The number of anilines is 1. The van der Waals surface area contributed by atoms with Gasteiger partial charge in [-0.1, -0.05) is 41.5 Å². The Bertz CT molecular complexity index is 7560. The normalized spacial score (nSPS) is 10.3. The molecule has 0 amide bonds. The van der Waals surface area contributed by atoms with E-state index < -0.39 is 40.7 Å². The van der Waals surface area contributed by atoms with Crippen molar-refractivity contribution in [1.82, 2.24) is 67.4 Å². The number of aromatic hydroxyl groups is 3. The summed E-state index contributed by atoms with van der Waals surface area (Å²) in [5.41, 5.74) is 11.4. The van der Waals surface area contributed by atoms with E-state index in [1.165, 1.54) is 79.6 Å². The first-order valence-corrected chi connectivity index (χ1v) is 48.2. The number of phenolic OH excluding ortho intramolecular Hbond substituents is 3. The largest absolute Gasteiger partial charge is 0.507 e. The van der Waals surface area contributed by atoms with Gasteiger partial charge in [-0.15, -0.1) is 0 Å². The van der Waals surface area contributed by atoms with Gasteiger partial charge in [0, 0.05) is 51.8 Å². The van der Waals surface area contributed by atoms with E-state index in [2.05, 4.69) is 138 Å². The van der Waals surface area contributed by atoms with Gasteiger partial charge in [0.1, 0.15) is 80.9 Å². The third-order valence-corrected chi connectivity index (χ3v) is 24.2. The summed E-state index contributed by atoms with van der Waals surface area (Å²) in [5.74, 6) is -0.427. The fourth-order valence-corrected chi connectivity index (χ4v) is 16.0. The van der Waals surface area contributed by atoms with Crippen LogP contribution in [0.25, 0.3) is 23.1 Å².